The van der Waals surface area contributed by atoms with E-state index in [2.05, 4.69) is 10.3 Å². The summed E-state index contributed by atoms with van der Waals surface area (Å²) in [7, 11) is 1.37. The van der Waals surface area contributed by atoms with Crippen molar-refractivity contribution in [2.45, 2.75) is 25.1 Å². The van der Waals surface area contributed by atoms with Gasteiger partial charge in [0.2, 0.25) is 5.88 Å². The third-order valence-electron chi connectivity index (χ3n) is 4.21. The van der Waals surface area contributed by atoms with E-state index >= 15 is 0 Å². The lowest BCUT2D eigenvalue weighted by atomic mass is 10.1. The quantitative estimate of drug-likeness (QED) is 0.821. The zero-order valence-electron chi connectivity index (χ0n) is 14.2. The van der Waals surface area contributed by atoms with Gasteiger partial charge in [-0.15, -0.1) is 11.3 Å². The molecule has 1 unspecified atom stereocenters. The summed E-state index contributed by atoms with van der Waals surface area (Å²) in [6, 6.07) is 0.798. The molecule has 7 nitrogen and oxygen atoms in total. The van der Waals surface area contributed by atoms with Crippen LogP contribution >= 0.6 is 11.3 Å². The van der Waals surface area contributed by atoms with E-state index in [9.17, 15) is 22.8 Å². The number of amides is 2. The standard InChI is InChI=1S/C16H16F3N3O4S/c1-20-14(23)9-7-27-13-10(16(17,18)19)5-11(21-12(9)13)26-8-3-2-4-22(6-8)15(24)25/h5,7-8H,2-4,6H2,1H3,(H,20,23)(H,24,25). The van der Waals surface area contributed by atoms with Crippen molar-refractivity contribution in [1.29, 1.82) is 0 Å². The molecule has 1 fully saturated rings. The van der Waals surface area contributed by atoms with Gasteiger partial charge in [0.15, 0.2) is 0 Å². The van der Waals surface area contributed by atoms with Gasteiger partial charge in [-0.05, 0) is 12.8 Å². The third kappa shape index (κ3) is 3.92. The summed E-state index contributed by atoms with van der Waals surface area (Å²) in [6.07, 6.45) is -5.33. The fourth-order valence-electron chi connectivity index (χ4n) is 2.93. The lowest BCUT2D eigenvalue weighted by Gasteiger charge is -2.30. The van der Waals surface area contributed by atoms with E-state index in [0.29, 0.717) is 19.4 Å². The Kier molecular flexibility index (Phi) is 5.13. The number of likely N-dealkylation sites (tertiary alicyclic amines) is 1. The van der Waals surface area contributed by atoms with E-state index in [1.54, 1.807) is 0 Å². The fraction of sp³-hybridized carbons (Fsp3) is 0.438. The first-order valence-corrected chi connectivity index (χ1v) is 8.94. The number of hydrogen-bond acceptors (Lipinski definition) is 5. The van der Waals surface area contributed by atoms with Gasteiger partial charge in [-0.25, -0.2) is 9.78 Å². The van der Waals surface area contributed by atoms with Crippen LogP contribution in [0.15, 0.2) is 11.4 Å². The van der Waals surface area contributed by atoms with E-state index in [4.69, 9.17) is 9.84 Å². The highest BCUT2D eigenvalue weighted by Gasteiger charge is 2.36. The van der Waals surface area contributed by atoms with E-state index in [1.165, 1.54) is 12.4 Å². The Hall–Kier alpha value is -2.56. The highest BCUT2D eigenvalue weighted by Crippen LogP contribution is 2.40. The van der Waals surface area contributed by atoms with Gasteiger partial charge in [0.25, 0.3) is 5.91 Å². The van der Waals surface area contributed by atoms with Crippen molar-refractivity contribution in [2.75, 3.05) is 20.1 Å². The maximum Gasteiger partial charge on any atom is 0.418 e. The number of fused-ring (bicyclic) bond motifs is 1. The van der Waals surface area contributed by atoms with Gasteiger partial charge in [0.1, 0.15) is 6.10 Å². The molecular formula is C16H16F3N3O4S. The monoisotopic (exact) mass is 403 g/mol. The minimum atomic E-state index is -4.65. The number of rotatable bonds is 3. The molecule has 11 heteroatoms. The van der Waals surface area contributed by atoms with Crippen LogP contribution in [0.1, 0.15) is 28.8 Å². The Bertz CT molecular complexity index is 884. The molecule has 0 spiro atoms. The topological polar surface area (TPSA) is 91.8 Å². The number of carbonyl (C=O) groups is 2. The molecule has 146 valence electrons. The number of carboxylic acid groups (broad SMARTS) is 1. The van der Waals surface area contributed by atoms with Crippen LogP contribution in [0.25, 0.3) is 10.2 Å². The fourth-order valence-corrected chi connectivity index (χ4v) is 3.95. The summed E-state index contributed by atoms with van der Waals surface area (Å²) in [5.74, 6) is -0.829. The number of nitrogens with zero attached hydrogens (tertiary/aromatic N) is 2. The van der Waals surface area contributed by atoms with Crippen LogP contribution in [0, 0.1) is 0 Å². The van der Waals surface area contributed by atoms with Crippen LogP contribution in [0.2, 0.25) is 0 Å². The van der Waals surface area contributed by atoms with Crippen molar-refractivity contribution in [1.82, 2.24) is 15.2 Å². The molecule has 3 heterocycles. The molecule has 0 saturated carbocycles. The summed E-state index contributed by atoms with van der Waals surface area (Å²) in [5.41, 5.74) is -0.993. The van der Waals surface area contributed by atoms with Crippen molar-refractivity contribution >= 4 is 33.6 Å². The third-order valence-corrected chi connectivity index (χ3v) is 5.21. The maximum absolute atomic E-state index is 13.5. The minimum Gasteiger partial charge on any atom is -0.472 e. The lowest BCUT2D eigenvalue weighted by molar-refractivity contribution is -0.136. The number of carbonyl (C=O) groups excluding carboxylic acids is 1. The van der Waals surface area contributed by atoms with Gasteiger partial charge in [-0.1, -0.05) is 0 Å². The maximum atomic E-state index is 13.5. The van der Waals surface area contributed by atoms with Crippen LogP contribution < -0.4 is 10.1 Å². The average molecular weight is 403 g/mol. The number of piperidine rings is 1. The first-order valence-electron chi connectivity index (χ1n) is 8.06. The van der Waals surface area contributed by atoms with Gasteiger partial charge >= 0.3 is 12.3 Å². The number of pyridine rings is 1. The number of thiophene rings is 1. The van der Waals surface area contributed by atoms with Crippen molar-refractivity contribution in [2.24, 2.45) is 0 Å². The largest absolute Gasteiger partial charge is 0.472 e. The van der Waals surface area contributed by atoms with E-state index in [1.807, 2.05) is 0 Å². The SMILES string of the molecule is CNC(=O)c1csc2c(C(F)(F)F)cc(OC3CCCN(C(=O)O)C3)nc12. The Balaban J connectivity index is 2.00. The van der Waals surface area contributed by atoms with Crippen LogP contribution in [-0.4, -0.2) is 53.2 Å². The van der Waals surface area contributed by atoms with Gasteiger partial charge in [-0.3, -0.25) is 4.79 Å². The van der Waals surface area contributed by atoms with Crippen LogP contribution in [0.4, 0.5) is 18.0 Å². The first-order chi connectivity index (χ1) is 12.7. The molecule has 2 aromatic heterocycles. The first kappa shape index (κ1) is 19.2. The average Bonchev–Trinajstić information content (AvgIpc) is 3.03. The molecule has 2 aromatic rings. The van der Waals surface area contributed by atoms with Crippen molar-refractivity contribution < 1.29 is 32.6 Å². The summed E-state index contributed by atoms with van der Waals surface area (Å²) in [4.78, 5) is 28.3. The molecule has 1 aliphatic heterocycles. The molecule has 3 rings (SSSR count). The highest BCUT2D eigenvalue weighted by atomic mass is 32.1. The summed E-state index contributed by atoms with van der Waals surface area (Å²) in [6.45, 7) is 0.392. The Labute approximate surface area is 155 Å². The molecule has 27 heavy (non-hydrogen) atoms. The zero-order chi connectivity index (χ0) is 19.8. The molecular weight excluding hydrogens is 387 g/mol. The number of aromatic nitrogens is 1. The smallest absolute Gasteiger partial charge is 0.418 e. The number of nitrogens with one attached hydrogen (secondary N) is 1. The second-order valence-corrected chi connectivity index (χ2v) is 6.90. The molecule has 2 N–H and O–H groups in total. The number of ether oxygens (including phenoxy) is 1. The summed E-state index contributed by atoms with van der Waals surface area (Å²) in [5, 5.41) is 12.8. The molecule has 0 aliphatic carbocycles. The zero-order valence-corrected chi connectivity index (χ0v) is 15.0. The van der Waals surface area contributed by atoms with E-state index in [0.717, 1.165) is 22.3 Å². The van der Waals surface area contributed by atoms with Crippen molar-refractivity contribution in [3.63, 3.8) is 0 Å². The number of alkyl halides is 3. The second kappa shape index (κ2) is 7.22. The van der Waals surface area contributed by atoms with Crippen LogP contribution in [0.5, 0.6) is 5.88 Å². The number of hydrogen-bond donors (Lipinski definition) is 2. The molecule has 1 saturated heterocycles. The molecule has 1 atom stereocenters. The molecule has 0 bridgehead atoms. The lowest BCUT2D eigenvalue weighted by Crippen LogP contribution is -2.43. The predicted octanol–water partition coefficient (Wildman–Crippen LogP) is 3.20. The van der Waals surface area contributed by atoms with Crippen molar-refractivity contribution in [3.8, 4) is 5.88 Å². The van der Waals surface area contributed by atoms with Gasteiger partial charge in [0, 0.05) is 25.0 Å². The van der Waals surface area contributed by atoms with E-state index in [-0.39, 0.29) is 28.2 Å². The summed E-state index contributed by atoms with van der Waals surface area (Å²) < 4.78 is 45.8. The normalized spacial score (nSPS) is 17.8. The number of halogens is 3. The minimum absolute atomic E-state index is 0.0317. The Morgan fingerprint density at radius 3 is 2.81 bits per heavy atom. The van der Waals surface area contributed by atoms with Crippen LogP contribution in [0.3, 0.4) is 0 Å². The van der Waals surface area contributed by atoms with E-state index < -0.39 is 29.8 Å². The molecule has 0 radical (unpaired) electrons. The molecule has 0 aromatic carbocycles. The van der Waals surface area contributed by atoms with Crippen molar-refractivity contribution in [3.05, 3.63) is 22.6 Å². The van der Waals surface area contributed by atoms with Gasteiger partial charge in [-0.2, -0.15) is 13.2 Å². The highest BCUT2D eigenvalue weighted by molar-refractivity contribution is 7.17. The molecule has 2 amide bonds. The second-order valence-electron chi connectivity index (χ2n) is 6.02. The summed E-state index contributed by atoms with van der Waals surface area (Å²) >= 11 is 0.785. The predicted molar refractivity (Wildman–Crippen MR) is 91.3 cm³/mol. The Morgan fingerprint density at radius 2 is 2.19 bits per heavy atom. The Morgan fingerprint density at radius 1 is 1.44 bits per heavy atom. The molecule has 1 aliphatic rings. The van der Waals surface area contributed by atoms with Gasteiger partial charge < -0.3 is 20.1 Å². The van der Waals surface area contributed by atoms with Crippen LogP contribution in [-0.2, 0) is 6.18 Å². The van der Waals surface area contributed by atoms with Gasteiger partial charge in [0.05, 0.1) is 27.9 Å².